The van der Waals surface area contributed by atoms with Crippen molar-refractivity contribution in [3.63, 3.8) is 0 Å². The number of hydrogen-bond donors (Lipinski definition) is 2. The number of rotatable bonds is 4. The maximum atomic E-state index is 8.49. The van der Waals surface area contributed by atoms with Crippen molar-refractivity contribution in [3.05, 3.63) is 106 Å². The number of ether oxygens (including phenoxy) is 1. The monoisotopic (exact) mass is 522 g/mol. The maximum Gasteiger partial charge on any atom is 0.206 e. The molecule has 8 heteroatoms. The van der Waals surface area contributed by atoms with E-state index in [0.717, 1.165) is 48.6 Å². The Morgan fingerprint density at radius 1 is 0.838 bits per heavy atom. The number of hydrogen-bond acceptors (Lipinski definition) is 6. The van der Waals surface area contributed by atoms with Crippen LogP contribution in [0.4, 0.5) is 11.4 Å². The third-order valence-electron chi connectivity index (χ3n) is 6.60. The summed E-state index contributed by atoms with van der Waals surface area (Å²) in [6.45, 7) is 4.27. The summed E-state index contributed by atoms with van der Waals surface area (Å²) >= 11 is 0. The zero-order valence-corrected chi connectivity index (χ0v) is 21.8. The Balaban J connectivity index is 0.000000586. The molecule has 0 spiro atoms. The molecule has 0 saturated heterocycles. The highest BCUT2D eigenvalue weighted by atomic mass is 35.7. The van der Waals surface area contributed by atoms with Crippen molar-refractivity contribution in [3.8, 4) is 0 Å². The SMILES string of the molecule is Cc1ccccc1N/C=C1\CCCC2=C1OC1=C(C=[NH+]c3ccccc3C)CCCC1=C2.[O-][Cl+3]([O-])([O-])[O-]. The quantitative estimate of drug-likeness (QED) is 0.580. The van der Waals surface area contributed by atoms with Crippen LogP contribution in [0.3, 0.4) is 0 Å². The predicted molar refractivity (Wildman–Crippen MR) is 132 cm³/mol. The maximum absolute atomic E-state index is 8.49. The molecule has 2 N–H and O–H groups in total. The summed E-state index contributed by atoms with van der Waals surface area (Å²) in [5, 5.41) is 3.52. The lowest BCUT2D eigenvalue weighted by Gasteiger charge is -2.31. The van der Waals surface area contributed by atoms with E-state index >= 15 is 0 Å². The Hall–Kier alpha value is -3.20. The molecule has 2 aliphatic carbocycles. The van der Waals surface area contributed by atoms with Crippen LogP contribution in [-0.2, 0) is 4.74 Å². The summed E-state index contributed by atoms with van der Waals surface area (Å²) in [4.78, 5) is 3.52. The standard InChI is InChI=1S/C29H30N2O.ClHO4/c1-20-9-3-5-15-26(20)30-18-24-13-7-11-22-17-23-12-8-14-25(29(23)32-28(22)24)19-31-27-16-6-4-10-21(27)2;2-1(3,4)5/h3-6,9-10,15-19,30H,7-8,11-14H2,1-2H3;(H,2,3,4,5)/b24-18+,31-19?;. The lowest BCUT2D eigenvalue weighted by atomic mass is 9.86. The summed E-state index contributed by atoms with van der Waals surface area (Å²) in [6.07, 6.45) is 13.3. The summed E-state index contributed by atoms with van der Waals surface area (Å²) in [5.41, 5.74) is 10.00. The van der Waals surface area contributed by atoms with Crippen molar-refractivity contribution in [1.29, 1.82) is 0 Å². The van der Waals surface area contributed by atoms with Crippen LogP contribution in [0.5, 0.6) is 0 Å². The highest BCUT2D eigenvalue weighted by molar-refractivity contribution is 5.78. The van der Waals surface area contributed by atoms with Crippen LogP contribution in [0.25, 0.3) is 0 Å². The van der Waals surface area contributed by atoms with E-state index in [4.69, 9.17) is 23.4 Å². The van der Waals surface area contributed by atoms with Crippen molar-refractivity contribution in [2.45, 2.75) is 52.4 Å². The minimum atomic E-state index is -4.94. The first-order chi connectivity index (χ1) is 17.7. The number of aryl methyl sites for hydroxylation is 2. The average molecular weight is 523 g/mol. The Morgan fingerprint density at radius 2 is 1.51 bits per heavy atom. The number of nitrogens with one attached hydrogen (secondary N) is 2. The second kappa shape index (κ2) is 11.9. The Bertz CT molecular complexity index is 1300. The summed E-state index contributed by atoms with van der Waals surface area (Å²) in [5.74, 6) is 2.11. The van der Waals surface area contributed by atoms with Crippen LogP contribution < -0.4 is 28.9 Å². The molecule has 0 saturated carbocycles. The van der Waals surface area contributed by atoms with Gasteiger partial charge in [0, 0.05) is 29.1 Å². The number of benzene rings is 2. The fraction of sp³-hybridized carbons (Fsp3) is 0.276. The fourth-order valence-corrected chi connectivity index (χ4v) is 4.73. The van der Waals surface area contributed by atoms with E-state index < -0.39 is 10.2 Å². The largest absolute Gasteiger partial charge is 0.456 e. The van der Waals surface area contributed by atoms with Crippen molar-refractivity contribution in [2.24, 2.45) is 0 Å². The van der Waals surface area contributed by atoms with Gasteiger partial charge in [0.05, 0.1) is 5.57 Å². The minimum absolute atomic E-state index is 1.04. The van der Waals surface area contributed by atoms with Crippen LogP contribution >= 0.6 is 0 Å². The molecule has 0 amide bonds. The van der Waals surface area contributed by atoms with Gasteiger partial charge in [0.2, 0.25) is 5.69 Å². The van der Waals surface area contributed by atoms with Crippen molar-refractivity contribution < 1.29 is 38.6 Å². The molecular formula is C29H31ClN2O5. The van der Waals surface area contributed by atoms with Crippen molar-refractivity contribution in [2.75, 3.05) is 5.32 Å². The third kappa shape index (κ3) is 7.41. The lowest BCUT2D eigenvalue weighted by molar-refractivity contribution is -2.00. The molecule has 0 bridgehead atoms. The van der Waals surface area contributed by atoms with Gasteiger partial charge in [0.15, 0.2) is 6.21 Å². The molecule has 194 valence electrons. The highest BCUT2D eigenvalue weighted by Crippen LogP contribution is 2.42. The van der Waals surface area contributed by atoms with E-state index in [-0.39, 0.29) is 0 Å². The van der Waals surface area contributed by atoms with Crippen molar-refractivity contribution >= 4 is 17.6 Å². The number of anilines is 1. The van der Waals surface area contributed by atoms with Crippen LogP contribution in [0.15, 0.2) is 94.6 Å². The first-order valence-corrected chi connectivity index (χ1v) is 13.6. The summed E-state index contributed by atoms with van der Waals surface area (Å²) in [7, 11) is -4.94. The zero-order valence-electron chi connectivity index (χ0n) is 21.0. The van der Waals surface area contributed by atoms with E-state index in [0.29, 0.717) is 0 Å². The van der Waals surface area contributed by atoms with Crippen LogP contribution in [-0.4, -0.2) is 6.21 Å². The smallest absolute Gasteiger partial charge is 0.206 e. The molecule has 3 aliphatic rings. The van der Waals surface area contributed by atoms with Gasteiger partial charge in [-0.1, -0.05) is 36.4 Å². The van der Waals surface area contributed by atoms with Gasteiger partial charge in [-0.15, -0.1) is 10.2 Å². The predicted octanol–water partition coefficient (Wildman–Crippen LogP) is 1.16. The van der Waals surface area contributed by atoms with E-state index in [1.165, 1.54) is 46.3 Å². The fourth-order valence-electron chi connectivity index (χ4n) is 4.73. The molecule has 2 aromatic rings. The summed E-state index contributed by atoms with van der Waals surface area (Å²) < 4.78 is 40.6. The molecule has 0 atom stereocenters. The van der Waals surface area contributed by atoms with Crippen LogP contribution in [0, 0.1) is 24.1 Å². The molecule has 2 aromatic carbocycles. The second-order valence-electron chi connectivity index (χ2n) is 9.30. The van der Waals surface area contributed by atoms with Crippen LogP contribution in [0.2, 0.25) is 0 Å². The molecule has 37 heavy (non-hydrogen) atoms. The third-order valence-corrected chi connectivity index (χ3v) is 6.60. The van der Waals surface area contributed by atoms with Gasteiger partial charge < -0.3 is 10.1 Å². The van der Waals surface area contributed by atoms with Gasteiger partial charge in [-0.05, 0) is 81.2 Å². The number of para-hydroxylation sites is 2. The molecular weight excluding hydrogens is 492 g/mol. The van der Waals surface area contributed by atoms with E-state index in [2.05, 4.69) is 91.2 Å². The molecule has 5 rings (SSSR count). The van der Waals surface area contributed by atoms with Gasteiger partial charge in [-0.25, -0.2) is 23.6 Å². The van der Waals surface area contributed by atoms with Crippen LogP contribution in [0.1, 0.15) is 49.7 Å². The van der Waals surface area contributed by atoms with Gasteiger partial charge in [-0.3, -0.25) is 0 Å². The average Bonchev–Trinajstić information content (AvgIpc) is 2.85. The summed E-state index contributed by atoms with van der Waals surface area (Å²) in [6, 6.07) is 16.8. The highest BCUT2D eigenvalue weighted by Gasteiger charge is 2.29. The number of halogens is 1. The molecule has 0 aromatic heterocycles. The Morgan fingerprint density at radius 3 is 2.24 bits per heavy atom. The Kier molecular flexibility index (Phi) is 8.63. The van der Waals surface area contributed by atoms with E-state index in [1.807, 2.05) is 0 Å². The first kappa shape index (κ1) is 26.9. The minimum Gasteiger partial charge on any atom is -0.456 e. The normalized spacial score (nSPS) is 18.5. The topological polar surface area (TPSA) is 127 Å². The molecule has 7 nitrogen and oxygen atoms in total. The van der Waals surface area contributed by atoms with Gasteiger partial charge in [0.1, 0.15) is 11.5 Å². The molecule has 0 unspecified atom stereocenters. The second-order valence-corrected chi connectivity index (χ2v) is 10.1. The lowest BCUT2D eigenvalue weighted by Crippen LogP contribution is -2.68. The molecule has 1 aliphatic heterocycles. The first-order valence-electron chi connectivity index (χ1n) is 12.3. The molecule has 0 fully saturated rings. The van der Waals surface area contributed by atoms with E-state index in [1.54, 1.807) is 0 Å². The number of allylic oxidation sites excluding steroid dienone is 5. The molecule has 0 radical (unpaired) electrons. The number of fused-ring (bicyclic) bond motifs is 1. The molecule has 1 heterocycles. The van der Waals surface area contributed by atoms with Crippen molar-refractivity contribution in [1.82, 2.24) is 0 Å². The van der Waals surface area contributed by atoms with Gasteiger partial charge >= 0.3 is 0 Å². The van der Waals surface area contributed by atoms with Gasteiger partial charge in [0.25, 0.3) is 0 Å². The zero-order chi connectivity index (χ0) is 26.4. The Labute approximate surface area is 219 Å². The van der Waals surface area contributed by atoms with E-state index in [9.17, 15) is 0 Å². The van der Waals surface area contributed by atoms with Gasteiger partial charge in [-0.2, -0.15) is 0 Å².